The van der Waals surface area contributed by atoms with E-state index in [1.165, 1.54) is 20.1 Å². The minimum Gasteiger partial charge on any atom is -0.496 e. The highest BCUT2D eigenvalue weighted by atomic mass is 32.2. The van der Waals surface area contributed by atoms with E-state index in [1.807, 2.05) is 54.6 Å². The summed E-state index contributed by atoms with van der Waals surface area (Å²) in [5, 5.41) is 1.14. The van der Waals surface area contributed by atoms with E-state index in [1.54, 1.807) is 18.2 Å². The van der Waals surface area contributed by atoms with Crippen LogP contribution in [0.2, 0.25) is 0 Å². The molecule has 0 aromatic heterocycles. The Bertz CT molecular complexity index is 1450. The van der Waals surface area contributed by atoms with Crippen molar-refractivity contribution in [3.63, 3.8) is 0 Å². The summed E-state index contributed by atoms with van der Waals surface area (Å²) in [7, 11) is 1.49. The number of amides is 2. The zero-order chi connectivity index (χ0) is 32.6. The van der Waals surface area contributed by atoms with E-state index in [2.05, 4.69) is 11.9 Å². The van der Waals surface area contributed by atoms with Crippen LogP contribution in [0.5, 0.6) is 11.5 Å². The van der Waals surface area contributed by atoms with Crippen molar-refractivity contribution in [1.82, 2.24) is 5.32 Å². The number of benzene rings is 3. The molecule has 2 amide bonds. The smallest absolute Gasteiger partial charge is 0.408 e. The Morgan fingerprint density at radius 1 is 0.978 bits per heavy atom. The van der Waals surface area contributed by atoms with Crippen LogP contribution in [-0.4, -0.2) is 54.7 Å². The molecular formula is C34H38N2O8S. The predicted octanol–water partition coefficient (Wildman–Crippen LogP) is 5.22. The Balaban J connectivity index is 1.70. The number of carbonyl (C=O) groups is 4. The summed E-state index contributed by atoms with van der Waals surface area (Å²) in [6.07, 6.45) is 1.57. The van der Waals surface area contributed by atoms with Crippen LogP contribution in [0, 0.1) is 0 Å². The molecule has 0 spiro atoms. The van der Waals surface area contributed by atoms with Crippen LogP contribution in [0.3, 0.4) is 0 Å². The number of nitrogens with two attached hydrogens (primary N) is 1. The maximum absolute atomic E-state index is 13.4. The maximum atomic E-state index is 13.4. The molecular weight excluding hydrogens is 596 g/mol. The molecule has 0 aliphatic carbocycles. The molecule has 0 aliphatic rings. The van der Waals surface area contributed by atoms with Crippen molar-refractivity contribution in [3.05, 3.63) is 96.6 Å². The molecule has 3 N–H and O–H groups in total. The van der Waals surface area contributed by atoms with E-state index >= 15 is 0 Å². The van der Waals surface area contributed by atoms with Gasteiger partial charge in [0.2, 0.25) is 11.0 Å². The highest BCUT2D eigenvalue weighted by Gasteiger charge is 2.28. The lowest BCUT2D eigenvalue weighted by Crippen LogP contribution is -2.39. The fourth-order valence-corrected chi connectivity index (χ4v) is 5.10. The lowest BCUT2D eigenvalue weighted by molar-refractivity contribution is -0.144. The van der Waals surface area contributed by atoms with Gasteiger partial charge in [-0.3, -0.25) is 14.4 Å². The number of hydrogen-bond donors (Lipinski definition) is 2. The first-order chi connectivity index (χ1) is 21.7. The first-order valence-corrected chi connectivity index (χ1v) is 15.2. The minimum absolute atomic E-state index is 0.000322. The van der Waals surface area contributed by atoms with E-state index in [4.69, 9.17) is 24.7 Å². The van der Waals surface area contributed by atoms with Crippen molar-refractivity contribution in [2.45, 2.75) is 44.1 Å². The lowest BCUT2D eigenvalue weighted by atomic mass is 10.0. The van der Waals surface area contributed by atoms with Crippen LogP contribution in [0.15, 0.2) is 85.5 Å². The molecule has 2 atom stereocenters. The number of rotatable bonds is 17. The normalized spacial score (nSPS) is 11.9. The van der Waals surface area contributed by atoms with Crippen molar-refractivity contribution in [1.29, 1.82) is 0 Å². The molecule has 3 aromatic rings. The van der Waals surface area contributed by atoms with Gasteiger partial charge in [0.1, 0.15) is 30.0 Å². The molecule has 0 unspecified atom stereocenters. The summed E-state index contributed by atoms with van der Waals surface area (Å²) >= 11 is 0.795. The summed E-state index contributed by atoms with van der Waals surface area (Å²) in [5.74, 6) is -0.0245. The van der Waals surface area contributed by atoms with Crippen LogP contribution in [0.4, 0.5) is 4.79 Å². The summed E-state index contributed by atoms with van der Waals surface area (Å²) in [6.45, 7) is 5.20. The number of alkyl carbamates (subject to hydrolysis) is 1. The molecule has 11 heteroatoms. The molecule has 0 fully saturated rings. The number of thioether (sulfide) groups is 1. The van der Waals surface area contributed by atoms with Crippen LogP contribution in [-0.2, 0) is 36.9 Å². The van der Waals surface area contributed by atoms with Gasteiger partial charge in [-0.05, 0) is 48.6 Å². The molecule has 10 nitrogen and oxygen atoms in total. The Morgan fingerprint density at radius 3 is 2.36 bits per heavy atom. The average molecular weight is 635 g/mol. The molecule has 0 bridgehead atoms. The van der Waals surface area contributed by atoms with Gasteiger partial charge >= 0.3 is 12.1 Å². The van der Waals surface area contributed by atoms with Gasteiger partial charge in [0.05, 0.1) is 19.8 Å². The monoisotopic (exact) mass is 634 g/mol. The third kappa shape index (κ3) is 11.7. The van der Waals surface area contributed by atoms with E-state index in [0.29, 0.717) is 30.1 Å². The van der Waals surface area contributed by atoms with Crippen molar-refractivity contribution in [2.24, 2.45) is 5.73 Å². The molecule has 45 heavy (non-hydrogen) atoms. The highest BCUT2D eigenvalue weighted by molar-refractivity contribution is 8.14. The molecule has 0 saturated carbocycles. The van der Waals surface area contributed by atoms with Gasteiger partial charge in [0, 0.05) is 18.1 Å². The summed E-state index contributed by atoms with van der Waals surface area (Å²) in [6, 6.07) is 21.8. The first kappa shape index (κ1) is 34.7. The Labute approximate surface area is 267 Å². The van der Waals surface area contributed by atoms with Gasteiger partial charge < -0.3 is 30.0 Å². The quantitative estimate of drug-likeness (QED) is 0.116. The van der Waals surface area contributed by atoms with Gasteiger partial charge in [-0.25, -0.2) is 4.79 Å². The van der Waals surface area contributed by atoms with Gasteiger partial charge in [-0.1, -0.05) is 79.0 Å². The molecule has 3 aromatic carbocycles. The van der Waals surface area contributed by atoms with E-state index in [0.717, 1.165) is 28.5 Å². The number of carbonyl (C=O) groups excluding carboxylic acids is 4. The van der Waals surface area contributed by atoms with Crippen LogP contribution in [0.1, 0.15) is 30.9 Å². The first-order valence-electron chi connectivity index (χ1n) is 14.3. The van der Waals surface area contributed by atoms with E-state index in [-0.39, 0.29) is 26.1 Å². The Hall–Kier alpha value is -4.77. The fourth-order valence-electron chi connectivity index (χ4n) is 4.12. The van der Waals surface area contributed by atoms with Gasteiger partial charge in [-0.2, -0.15) is 0 Å². The number of methoxy groups -OCH3 is 1. The largest absolute Gasteiger partial charge is 0.496 e. The van der Waals surface area contributed by atoms with Crippen LogP contribution >= 0.6 is 11.8 Å². The molecule has 0 saturated heterocycles. The van der Waals surface area contributed by atoms with Gasteiger partial charge in [0.25, 0.3) is 0 Å². The summed E-state index contributed by atoms with van der Waals surface area (Å²) in [5.41, 5.74) is 8.67. The highest BCUT2D eigenvalue weighted by Crippen LogP contribution is 2.28. The molecule has 0 radical (unpaired) electrons. The molecule has 0 aliphatic heterocycles. The van der Waals surface area contributed by atoms with Crippen molar-refractivity contribution >= 4 is 34.8 Å². The van der Waals surface area contributed by atoms with E-state index < -0.39 is 34.4 Å². The fraction of sp³-hybridized carbons (Fsp3) is 0.294. The number of nitrogens with one attached hydrogen (secondary N) is 1. The standard InChI is InChI=1S/C34H38N2O8S/c1-4-18-43-34(40)36-23(2)33(39)45-30(20-24-12-14-26(15-13-24)25-9-6-5-7-10-25)32(38)44-22-27-16-17-28(21-29(27)41-3)42-19-8-11-31(35)37/h4-7,9-10,12-17,21,23,30H,1,8,11,18-20,22H2,2-3H3,(H2,35,37)(H,36,40)/t23-,30-/m1/s1. The summed E-state index contributed by atoms with van der Waals surface area (Å²) < 4.78 is 21.7. The number of ether oxygens (including phenoxy) is 4. The zero-order valence-corrected chi connectivity index (χ0v) is 26.2. The van der Waals surface area contributed by atoms with Crippen molar-refractivity contribution < 1.29 is 38.1 Å². The Morgan fingerprint density at radius 2 is 1.69 bits per heavy atom. The van der Waals surface area contributed by atoms with Crippen LogP contribution < -0.4 is 20.5 Å². The minimum atomic E-state index is -0.918. The van der Waals surface area contributed by atoms with E-state index in [9.17, 15) is 19.2 Å². The second-order valence-electron chi connectivity index (χ2n) is 9.95. The summed E-state index contributed by atoms with van der Waals surface area (Å²) in [4.78, 5) is 49.3. The van der Waals surface area contributed by atoms with Gasteiger partial charge in [0.15, 0.2) is 0 Å². The topological polar surface area (TPSA) is 143 Å². The average Bonchev–Trinajstić information content (AvgIpc) is 3.05. The van der Waals surface area contributed by atoms with Crippen molar-refractivity contribution in [2.75, 3.05) is 20.3 Å². The van der Waals surface area contributed by atoms with Crippen molar-refractivity contribution in [3.8, 4) is 22.6 Å². The number of hydrogen-bond acceptors (Lipinski definition) is 9. The number of primary amides is 1. The third-order valence-electron chi connectivity index (χ3n) is 6.49. The second kappa shape index (κ2) is 18.1. The molecule has 238 valence electrons. The zero-order valence-electron chi connectivity index (χ0n) is 25.4. The maximum Gasteiger partial charge on any atom is 0.408 e. The third-order valence-corrected chi connectivity index (χ3v) is 7.72. The Kier molecular flexibility index (Phi) is 14.0. The molecule has 3 rings (SSSR count). The number of esters is 1. The molecule has 0 heterocycles. The van der Waals surface area contributed by atoms with Crippen LogP contribution in [0.25, 0.3) is 11.1 Å². The SMILES string of the molecule is C=CCOC(=O)N[C@H](C)C(=O)S[C@H](Cc1ccc(-c2ccccc2)cc1)C(=O)OCc1ccc(OCCCC(N)=O)cc1OC. The predicted molar refractivity (Wildman–Crippen MR) is 173 cm³/mol. The second-order valence-corrected chi connectivity index (χ2v) is 11.2. The van der Waals surface area contributed by atoms with Gasteiger partial charge in [-0.15, -0.1) is 0 Å². The lowest BCUT2D eigenvalue weighted by Gasteiger charge is -2.19.